The van der Waals surface area contributed by atoms with Gasteiger partial charge >= 0.3 is 11.9 Å². The zero-order valence-electron chi connectivity index (χ0n) is 43.1. The molecule has 2 bridgehead atoms. The van der Waals surface area contributed by atoms with Crippen molar-refractivity contribution < 1.29 is 99.3 Å². The maximum absolute atomic E-state index is 13.1. The number of nitrogens with two attached hydrogens (primary N) is 1. The second-order valence-corrected chi connectivity index (χ2v) is 20.5. The summed E-state index contributed by atoms with van der Waals surface area (Å²) in [5.74, 6) is -6.88. The summed E-state index contributed by atoms with van der Waals surface area (Å²) in [5, 5.41) is 129. The van der Waals surface area contributed by atoms with Crippen LogP contribution in [0.1, 0.15) is 105 Å². The lowest BCUT2D eigenvalue weighted by Crippen LogP contribution is -2.61. The SMILES string of the molecule is C[C@H]1[C@H](OC2C[C@@H](O)[C@@H](O)[C@H](C)O2)[C@H](C)/C=C/C=C/CC/C=C/C=C/C=C/C=C/[C@H](O[C@@H]2O[C@H](C)[C@@H](O)[C@H](N)[C@@H]2O)C[C@@H]2O[C@](O)(C[C@@H](O)[C@@H](O)CC[C@@H](O)C[C@H](O)C[C@H](O)CC(=O)O[C@@H]1C)C[C@H](O)[C@H]2C(=O)O. The van der Waals surface area contributed by atoms with Gasteiger partial charge < -0.3 is 95.4 Å². The van der Waals surface area contributed by atoms with E-state index < -0.39 is 165 Å². The van der Waals surface area contributed by atoms with E-state index in [0.717, 1.165) is 12.8 Å². The number of carboxylic acid groups (broad SMARTS) is 1. The molecule has 4 heterocycles. The molecule has 14 N–H and O–H groups in total. The summed E-state index contributed by atoms with van der Waals surface area (Å²) >= 11 is 0. The minimum Gasteiger partial charge on any atom is -0.481 e. The standard InChI is InChI=1S/C53H85NO20/c1-29-18-16-14-12-10-8-6-7-9-11-13-15-17-19-37(72-52-49(65)46(54)48(64)33(5)71-52)25-42-45(51(66)67)41(61)28-53(68,74-42)27-40(60)38(58)21-20-34(55)22-35(56)23-36(57)24-43(62)69-31(3)30(2)50(29)73-44-26-39(59)47(63)32(4)70-44/h6-7,9,11-19,29-42,44-50,52,55-61,63-65,68H,8,10,20-28,54H2,1-5H3,(H,66,67)/b7-6+,11-9+,14-12+,15-13+,18-16+,19-17+/t29-,30-,31-,32+,33-,34-,35+,36+,37+,38+,39-,40-,41+,42+,44?,45-,46+,47+,48-,49+,50-,52+,53-/m1/s1. The minimum absolute atomic E-state index is 0.0208. The lowest BCUT2D eigenvalue weighted by molar-refractivity contribution is -0.310. The van der Waals surface area contributed by atoms with Gasteiger partial charge in [-0.3, -0.25) is 9.59 Å². The Morgan fingerprint density at radius 2 is 1.23 bits per heavy atom. The first-order valence-corrected chi connectivity index (χ1v) is 25.9. The average Bonchev–Trinajstić information content (AvgIpc) is 3.31. The molecule has 0 spiro atoms. The number of carboxylic acids is 1. The summed E-state index contributed by atoms with van der Waals surface area (Å²) in [4.78, 5) is 25.6. The Hall–Kier alpha value is -3.30. The highest BCUT2D eigenvalue weighted by molar-refractivity contribution is 5.71. The molecule has 1 unspecified atom stereocenters. The van der Waals surface area contributed by atoms with Gasteiger partial charge in [0.05, 0.1) is 91.8 Å². The third-order valence-electron chi connectivity index (χ3n) is 14.2. The van der Waals surface area contributed by atoms with Crippen LogP contribution in [0.25, 0.3) is 0 Å². The second-order valence-electron chi connectivity index (χ2n) is 20.5. The van der Waals surface area contributed by atoms with Gasteiger partial charge in [0.1, 0.15) is 24.2 Å². The highest BCUT2D eigenvalue weighted by Gasteiger charge is 2.51. The maximum atomic E-state index is 13.1. The van der Waals surface area contributed by atoms with Crippen LogP contribution in [0.4, 0.5) is 0 Å². The minimum atomic E-state index is -2.37. The van der Waals surface area contributed by atoms with Crippen LogP contribution in [0, 0.1) is 17.8 Å². The summed E-state index contributed by atoms with van der Waals surface area (Å²) in [5.41, 5.74) is 6.04. The van der Waals surface area contributed by atoms with Gasteiger partial charge in [-0.1, -0.05) is 86.8 Å². The largest absolute Gasteiger partial charge is 0.481 e. The number of rotatable bonds is 5. The predicted octanol–water partition coefficient (Wildman–Crippen LogP) is 0.817. The molecule has 0 aromatic carbocycles. The zero-order chi connectivity index (χ0) is 54.9. The summed E-state index contributed by atoms with van der Waals surface area (Å²) in [6.45, 7) is 8.61. The molecule has 0 saturated carbocycles. The lowest BCUT2D eigenvalue weighted by atomic mass is 9.82. The van der Waals surface area contributed by atoms with E-state index in [-0.39, 0.29) is 44.4 Å². The van der Waals surface area contributed by atoms with Crippen LogP contribution in [0.5, 0.6) is 0 Å². The molecular formula is C53H85NO20. The van der Waals surface area contributed by atoms with E-state index in [4.69, 9.17) is 34.2 Å². The van der Waals surface area contributed by atoms with Gasteiger partial charge in [0.2, 0.25) is 0 Å². The Bertz CT molecular complexity index is 1870. The van der Waals surface area contributed by atoms with Crippen molar-refractivity contribution in [3.63, 3.8) is 0 Å². The van der Waals surface area contributed by atoms with E-state index >= 15 is 0 Å². The molecule has 4 rings (SSSR count). The highest BCUT2D eigenvalue weighted by Crippen LogP contribution is 2.38. The van der Waals surface area contributed by atoms with Crippen LogP contribution in [-0.4, -0.2) is 195 Å². The van der Waals surface area contributed by atoms with Crippen LogP contribution in [0.15, 0.2) is 72.9 Å². The van der Waals surface area contributed by atoms with Crippen molar-refractivity contribution in [3.05, 3.63) is 72.9 Å². The van der Waals surface area contributed by atoms with Crippen molar-refractivity contribution >= 4 is 11.9 Å². The fourth-order valence-electron chi connectivity index (χ4n) is 9.63. The molecule has 74 heavy (non-hydrogen) atoms. The monoisotopic (exact) mass is 1060 g/mol. The first-order chi connectivity index (χ1) is 34.9. The first kappa shape index (κ1) is 63.2. The van der Waals surface area contributed by atoms with Gasteiger partial charge in [-0.25, -0.2) is 0 Å². The summed E-state index contributed by atoms with van der Waals surface area (Å²) in [7, 11) is 0. The van der Waals surface area contributed by atoms with Crippen LogP contribution in [0.3, 0.4) is 0 Å². The van der Waals surface area contributed by atoms with Gasteiger partial charge in [-0.05, 0) is 59.3 Å². The number of cyclic esters (lactones) is 1. The Balaban J connectivity index is 1.55. The van der Waals surface area contributed by atoms with Crippen LogP contribution in [0.2, 0.25) is 0 Å². The molecule has 21 heteroatoms. The van der Waals surface area contributed by atoms with Crippen LogP contribution in [-0.2, 0) is 38.0 Å². The molecule has 0 aromatic heterocycles. The number of aliphatic carboxylic acids is 1. The highest BCUT2D eigenvalue weighted by atomic mass is 16.7. The Morgan fingerprint density at radius 3 is 1.89 bits per heavy atom. The average molecular weight is 1060 g/mol. The quantitative estimate of drug-likeness (QED) is 0.170. The Morgan fingerprint density at radius 1 is 0.635 bits per heavy atom. The van der Waals surface area contributed by atoms with E-state index in [1.807, 2.05) is 56.4 Å². The van der Waals surface area contributed by atoms with Gasteiger partial charge in [0.25, 0.3) is 0 Å². The number of hydrogen-bond donors (Lipinski definition) is 13. The molecule has 0 aromatic rings. The van der Waals surface area contributed by atoms with Crippen molar-refractivity contribution in [3.8, 4) is 0 Å². The molecule has 4 aliphatic heterocycles. The lowest BCUT2D eigenvalue weighted by Gasteiger charge is -2.45. The number of hydrogen-bond acceptors (Lipinski definition) is 20. The van der Waals surface area contributed by atoms with Gasteiger partial charge in [0.15, 0.2) is 18.4 Å². The Kier molecular flexibility index (Phi) is 26.1. The molecule has 0 aliphatic carbocycles. The van der Waals surface area contributed by atoms with Crippen molar-refractivity contribution in [2.75, 3.05) is 0 Å². The molecule has 0 radical (unpaired) electrons. The van der Waals surface area contributed by atoms with Crippen LogP contribution < -0.4 is 5.73 Å². The second kappa shape index (κ2) is 30.6. The van der Waals surface area contributed by atoms with Crippen molar-refractivity contribution in [1.29, 1.82) is 0 Å². The van der Waals surface area contributed by atoms with E-state index in [2.05, 4.69) is 0 Å². The van der Waals surface area contributed by atoms with E-state index in [9.17, 15) is 70.9 Å². The number of carbonyl (C=O) groups is 2. The fraction of sp³-hybridized carbons (Fsp3) is 0.736. The predicted molar refractivity (Wildman–Crippen MR) is 267 cm³/mol. The van der Waals surface area contributed by atoms with E-state index in [0.29, 0.717) is 0 Å². The maximum Gasteiger partial charge on any atom is 0.311 e. The third-order valence-corrected chi connectivity index (χ3v) is 14.2. The molecule has 21 nitrogen and oxygen atoms in total. The number of aliphatic hydroxyl groups excluding tert-OH is 10. The zero-order valence-corrected chi connectivity index (χ0v) is 43.1. The molecule has 3 fully saturated rings. The molecule has 422 valence electrons. The Labute approximate surface area is 433 Å². The number of allylic oxidation sites excluding steroid dienone is 10. The molecule has 4 aliphatic rings. The van der Waals surface area contributed by atoms with E-state index in [1.165, 1.54) is 13.0 Å². The molecule has 3 saturated heterocycles. The van der Waals surface area contributed by atoms with Gasteiger partial charge in [-0.15, -0.1) is 0 Å². The van der Waals surface area contributed by atoms with Crippen LogP contribution >= 0.6 is 0 Å². The topological polar surface area (TPSA) is 358 Å². The van der Waals surface area contributed by atoms with E-state index in [1.54, 1.807) is 38.2 Å². The summed E-state index contributed by atoms with van der Waals surface area (Å²) in [6.07, 6.45) is -1.63. The van der Waals surface area contributed by atoms with Crippen molar-refractivity contribution in [2.45, 2.75) is 227 Å². The number of carbonyl (C=O) groups excluding carboxylic acids is 1. The number of fused-ring (bicyclic) bond motifs is 2. The number of aliphatic hydroxyl groups is 11. The normalized spacial score (nSPS) is 46.5. The van der Waals surface area contributed by atoms with Crippen molar-refractivity contribution in [1.82, 2.24) is 0 Å². The van der Waals surface area contributed by atoms with Crippen molar-refractivity contribution in [2.24, 2.45) is 23.5 Å². The molecular weight excluding hydrogens is 971 g/mol. The molecule has 0 amide bonds. The first-order valence-electron chi connectivity index (χ1n) is 25.9. The fourth-order valence-corrected chi connectivity index (χ4v) is 9.63. The third kappa shape index (κ3) is 19.9. The van der Waals surface area contributed by atoms with Gasteiger partial charge in [-0.2, -0.15) is 0 Å². The smallest absolute Gasteiger partial charge is 0.311 e. The molecule has 23 atom stereocenters. The summed E-state index contributed by atoms with van der Waals surface area (Å²) in [6, 6.07) is -1.16. The summed E-state index contributed by atoms with van der Waals surface area (Å²) < 4.78 is 35.8. The van der Waals surface area contributed by atoms with Gasteiger partial charge in [0, 0.05) is 37.5 Å². The number of ether oxygens (including phenoxy) is 6. The number of esters is 1.